The number of rotatable bonds is 5. The van der Waals surface area contributed by atoms with Crippen molar-refractivity contribution in [2.45, 2.75) is 39.7 Å². The Kier molecular flexibility index (Phi) is 5.51. The Morgan fingerprint density at radius 1 is 1.33 bits per heavy atom. The van der Waals surface area contributed by atoms with Crippen LogP contribution in [0.2, 0.25) is 0 Å². The van der Waals surface area contributed by atoms with Crippen LogP contribution in [0, 0.1) is 5.92 Å². The summed E-state index contributed by atoms with van der Waals surface area (Å²) in [5, 5.41) is 3.46. The van der Waals surface area contributed by atoms with Gasteiger partial charge in [-0.15, -0.1) is 0 Å². The average molecular weight is 173 g/mol. The van der Waals surface area contributed by atoms with E-state index in [2.05, 4.69) is 33.0 Å². The minimum Gasteiger partial charge on any atom is -0.384 e. The summed E-state index contributed by atoms with van der Waals surface area (Å²) >= 11 is 0. The molecule has 0 aromatic carbocycles. The Balaban J connectivity index is 3.31. The Labute approximate surface area is 76.7 Å². The number of methoxy groups -OCH3 is 1. The standard InChI is InChI=1S/C10H23NO/c1-9(8-12-5)6-7-11-10(2,3)4/h9,11H,6-8H2,1-5H3. The zero-order valence-corrected chi connectivity index (χ0v) is 9.11. The SMILES string of the molecule is COCC(C)CCNC(C)(C)C. The van der Waals surface area contributed by atoms with Gasteiger partial charge in [-0.25, -0.2) is 0 Å². The van der Waals surface area contributed by atoms with Crippen LogP contribution in [0.15, 0.2) is 0 Å². The molecule has 1 unspecified atom stereocenters. The van der Waals surface area contributed by atoms with Gasteiger partial charge in [0.05, 0.1) is 0 Å². The van der Waals surface area contributed by atoms with Gasteiger partial charge in [-0.3, -0.25) is 0 Å². The molecule has 2 nitrogen and oxygen atoms in total. The van der Waals surface area contributed by atoms with Crippen LogP contribution in [0.25, 0.3) is 0 Å². The molecule has 0 aliphatic heterocycles. The fourth-order valence-electron chi connectivity index (χ4n) is 1.06. The molecule has 0 aliphatic carbocycles. The quantitative estimate of drug-likeness (QED) is 0.687. The Morgan fingerprint density at radius 2 is 1.92 bits per heavy atom. The van der Waals surface area contributed by atoms with Crippen molar-refractivity contribution in [2.75, 3.05) is 20.3 Å². The van der Waals surface area contributed by atoms with Gasteiger partial charge in [0.1, 0.15) is 0 Å². The van der Waals surface area contributed by atoms with Gasteiger partial charge >= 0.3 is 0 Å². The first-order valence-corrected chi connectivity index (χ1v) is 4.69. The van der Waals surface area contributed by atoms with Crippen LogP contribution in [0.1, 0.15) is 34.1 Å². The Hall–Kier alpha value is -0.0800. The highest BCUT2D eigenvalue weighted by Crippen LogP contribution is 2.03. The van der Waals surface area contributed by atoms with Gasteiger partial charge in [-0.1, -0.05) is 6.92 Å². The third-order valence-electron chi connectivity index (χ3n) is 1.74. The molecule has 0 saturated heterocycles. The molecule has 1 N–H and O–H groups in total. The molecule has 1 atom stereocenters. The van der Waals surface area contributed by atoms with Crippen LogP contribution >= 0.6 is 0 Å². The van der Waals surface area contributed by atoms with E-state index in [-0.39, 0.29) is 5.54 Å². The molecule has 0 heterocycles. The number of hydrogen-bond donors (Lipinski definition) is 1. The number of ether oxygens (including phenoxy) is 1. The van der Waals surface area contributed by atoms with Gasteiger partial charge < -0.3 is 10.1 Å². The lowest BCUT2D eigenvalue weighted by molar-refractivity contribution is 0.154. The van der Waals surface area contributed by atoms with Gasteiger partial charge in [-0.2, -0.15) is 0 Å². The molecule has 74 valence electrons. The van der Waals surface area contributed by atoms with E-state index in [1.54, 1.807) is 7.11 Å². The highest BCUT2D eigenvalue weighted by molar-refractivity contribution is 4.70. The smallest absolute Gasteiger partial charge is 0.0488 e. The molecule has 2 heteroatoms. The third kappa shape index (κ3) is 8.02. The third-order valence-corrected chi connectivity index (χ3v) is 1.74. The van der Waals surface area contributed by atoms with Crippen LogP contribution < -0.4 is 5.32 Å². The first kappa shape index (κ1) is 11.9. The molecule has 0 saturated carbocycles. The fraction of sp³-hybridized carbons (Fsp3) is 1.00. The lowest BCUT2D eigenvalue weighted by Gasteiger charge is -2.21. The van der Waals surface area contributed by atoms with Crippen molar-refractivity contribution in [1.82, 2.24) is 5.32 Å². The van der Waals surface area contributed by atoms with E-state index in [1.165, 1.54) is 6.42 Å². The summed E-state index contributed by atoms with van der Waals surface area (Å²) in [4.78, 5) is 0. The second-order valence-electron chi connectivity index (χ2n) is 4.53. The molecule has 0 amide bonds. The van der Waals surface area contributed by atoms with E-state index in [0.29, 0.717) is 5.92 Å². The molecule has 0 spiro atoms. The molecular formula is C10H23NO. The first-order valence-electron chi connectivity index (χ1n) is 4.69. The highest BCUT2D eigenvalue weighted by Gasteiger charge is 2.08. The van der Waals surface area contributed by atoms with E-state index in [1.807, 2.05) is 0 Å². The van der Waals surface area contributed by atoms with Gasteiger partial charge in [0.2, 0.25) is 0 Å². The Morgan fingerprint density at radius 3 is 2.33 bits per heavy atom. The minimum atomic E-state index is 0.243. The van der Waals surface area contributed by atoms with E-state index in [9.17, 15) is 0 Å². The molecule has 0 aliphatic rings. The molecular weight excluding hydrogens is 150 g/mol. The first-order chi connectivity index (χ1) is 5.45. The van der Waals surface area contributed by atoms with Crippen molar-refractivity contribution >= 4 is 0 Å². The van der Waals surface area contributed by atoms with E-state index < -0.39 is 0 Å². The maximum atomic E-state index is 5.06. The molecule has 0 aromatic heterocycles. The zero-order chi connectivity index (χ0) is 9.61. The van der Waals surface area contributed by atoms with Crippen molar-refractivity contribution in [3.05, 3.63) is 0 Å². The van der Waals surface area contributed by atoms with Crippen LogP contribution in [-0.2, 0) is 4.74 Å². The van der Waals surface area contributed by atoms with Crippen LogP contribution in [0.5, 0.6) is 0 Å². The normalized spacial score (nSPS) is 14.8. The van der Waals surface area contributed by atoms with Crippen molar-refractivity contribution < 1.29 is 4.74 Å². The molecule has 0 bridgehead atoms. The summed E-state index contributed by atoms with van der Waals surface area (Å²) in [6.07, 6.45) is 1.19. The van der Waals surface area contributed by atoms with Gasteiger partial charge in [0.15, 0.2) is 0 Å². The van der Waals surface area contributed by atoms with Crippen molar-refractivity contribution in [2.24, 2.45) is 5.92 Å². The van der Waals surface area contributed by atoms with Crippen LogP contribution in [0.4, 0.5) is 0 Å². The highest BCUT2D eigenvalue weighted by atomic mass is 16.5. The molecule has 0 rings (SSSR count). The second-order valence-corrected chi connectivity index (χ2v) is 4.53. The average Bonchev–Trinajstić information content (AvgIpc) is 1.84. The van der Waals surface area contributed by atoms with E-state index in [0.717, 1.165) is 13.2 Å². The summed E-state index contributed by atoms with van der Waals surface area (Å²) in [6.45, 7) is 10.7. The summed E-state index contributed by atoms with van der Waals surface area (Å²) in [5.74, 6) is 0.657. The zero-order valence-electron chi connectivity index (χ0n) is 9.11. The lowest BCUT2D eigenvalue weighted by atomic mass is 10.1. The van der Waals surface area contributed by atoms with Crippen molar-refractivity contribution in [3.8, 4) is 0 Å². The summed E-state index contributed by atoms with van der Waals surface area (Å²) in [5.41, 5.74) is 0.243. The van der Waals surface area contributed by atoms with Crippen molar-refractivity contribution in [3.63, 3.8) is 0 Å². The molecule has 0 fully saturated rings. The Bertz CT molecular complexity index is 107. The molecule has 0 aromatic rings. The molecule has 0 radical (unpaired) electrons. The second kappa shape index (κ2) is 5.55. The fourth-order valence-corrected chi connectivity index (χ4v) is 1.06. The predicted octanol–water partition coefficient (Wildman–Crippen LogP) is 2.05. The van der Waals surface area contributed by atoms with Crippen molar-refractivity contribution in [1.29, 1.82) is 0 Å². The van der Waals surface area contributed by atoms with Crippen LogP contribution in [-0.4, -0.2) is 25.8 Å². The van der Waals surface area contributed by atoms with E-state index in [4.69, 9.17) is 4.74 Å². The lowest BCUT2D eigenvalue weighted by Crippen LogP contribution is -2.37. The predicted molar refractivity (Wildman–Crippen MR) is 53.4 cm³/mol. The van der Waals surface area contributed by atoms with Gasteiger partial charge in [-0.05, 0) is 39.7 Å². The summed E-state index contributed by atoms with van der Waals surface area (Å²) < 4.78 is 5.06. The summed E-state index contributed by atoms with van der Waals surface area (Å²) in [7, 11) is 1.76. The van der Waals surface area contributed by atoms with Gasteiger partial charge in [0.25, 0.3) is 0 Å². The number of nitrogens with one attached hydrogen (secondary N) is 1. The molecule has 12 heavy (non-hydrogen) atoms. The van der Waals surface area contributed by atoms with Crippen LogP contribution in [0.3, 0.4) is 0 Å². The minimum absolute atomic E-state index is 0.243. The monoisotopic (exact) mass is 173 g/mol. The number of hydrogen-bond acceptors (Lipinski definition) is 2. The largest absolute Gasteiger partial charge is 0.384 e. The maximum Gasteiger partial charge on any atom is 0.0488 e. The maximum absolute atomic E-state index is 5.06. The van der Waals surface area contributed by atoms with Gasteiger partial charge in [0, 0.05) is 19.3 Å². The topological polar surface area (TPSA) is 21.3 Å². The van der Waals surface area contributed by atoms with E-state index >= 15 is 0 Å². The summed E-state index contributed by atoms with van der Waals surface area (Å²) in [6, 6.07) is 0.